The lowest BCUT2D eigenvalue weighted by Gasteiger charge is -2.27. The molecule has 1 aliphatic heterocycles. The molecule has 1 amide bonds. The van der Waals surface area contributed by atoms with Crippen molar-refractivity contribution in [1.82, 2.24) is 14.8 Å². The SMILES string of the molecule is CC(O)N(C)[C@H]1CCN(C(=O)c2ccc(NCc3csc4ccccc34)nc2)C1. The molecule has 29 heavy (non-hydrogen) atoms. The third-order valence-corrected chi connectivity index (χ3v) is 6.66. The van der Waals surface area contributed by atoms with Crippen LogP contribution in [0.2, 0.25) is 0 Å². The maximum Gasteiger partial charge on any atom is 0.255 e. The van der Waals surface area contributed by atoms with Crippen LogP contribution in [0.15, 0.2) is 48.0 Å². The molecule has 1 saturated heterocycles. The first-order valence-electron chi connectivity index (χ1n) is 9.87. The predicted octanol–water partition coefficient (Wildman–Crippen LogP) is 3.39. The Balaban J connectivity index is 1.36. The average molecular weight is 411 g/mol. The maximum atomic E-state index is 12.8. The van der Waals surface area contributed by atoms with Gasteiger partial charge in [-0.15, -0.1) is 11.3 Å². The number of benzene rings is 1. The number of fused-ring (bicyclic) bond motifs is 1. The van der Waals surface area contributed by atoms with Crippen LogP contribution in [-0.4, -0.2) is 58.2 Å². The summed E-state index contributed by atoms with van der Waals surface area (Å²) in [5.74, 6) is 0.749. The summed E-state index contributed by atoms with van der Waals surface area (Å²) in [6, 6.07) is 12.2. The molecule has 0 bridgehead atoms. The predicted molar refractivity (Wildman–Crippen MR) is 117 cm³/mol. The van der Waals surface area contributed by atoms with Crippen LogP contribution in [0.4, 0.5) is 5.82 Å². The van der Waals surface area contributed by atoms with Gasteiger partial charge >= 0.3 is 0 Å². The van der Waals surface area contributed by atoms with E-state index in [9.17, 15) is 9.90 Å². The van der Waals surface area contributed by atoms with Crippen molar-refractivity contribution >= 4 is 33.1 Å². The number of thiophene rings is 1. The Morgan fingerprint density at radius 3 is 2.97 bits per heavy atom. The molecule has 152 valence electrons. The van der Waals surface area contributed by atoms with Crippen LogP contribution in [0.1, 0.15) is 29.3 Å². The molecule has 0 aliphatic carbocycles. The lowest BCUT2D eigenvalue weighted by Crippen LogP contribution is -2.41. The standard InChI is InChI=1S/C22H26N4O2S/c1-15(27)25(2)18-9-10-26(13-18)22(28)16-7-8-21(23-11-16)24-12-17-14-29-20-6-4-3-5-19(17)20/h3-8,11,14-15,18,27H,9-10,12-13H2,1-2H3,(H,23,24)/t15?,18-/m0/s1. The number of rotatable bonds is 6. The number of nitrogens with one attached hydrogen (secondary N) is 1. The molecule has 0 radical (unpaired) electrons. The molecule has 0 spiro atoms. The molecule has 1 fully saturated rings. The molecule has 1 unspecified atom stereocenters. The van der Waals surface area contributed by atoms with E-state index in [0.29, 0.717) is 25.2 Å². The zero-order chi connectivity index (χ0) is 20.4. The molecule has 6 nitrogen and oxygen atoms in total. The lowest BCUT2D eigenvalue weighted by molar-refractivity contribution is 0.0109. The number of aromatic nitrogens is 1. The van der Waals surface area contributed by atoms with Crippen molar-refractivity contribution in [3.05, 3.63) is 59.1 Å². The second-order valence-electron chi connectivity index (χ2n) is 7.53. The summed E-state index contributed by atoms with van der Waals surface area (Å²) >= 11 is 1.74. The number of hydrogen-bond donors (Lipinski definition) is 2. The summed E-state index contributed by atoms with van der Waals surface area (Å²) in [4.78, 5) is 20.9. The largest absolute Gasteiger partial charge is 0.379 e. The van der Waals surface area contributed by atoms with E-state index in [1.807, 2.05) is 29.0 Å². The average Bonchev–Trinajstić information content (AvgIpc) is 3.39. The van der Waals surface area contributed by atoms with E-state index in [2.05, 4.69) is 39.9 Å². The summed E-state index contributed by atoms with van der Waals surface area (Å²) in [7, 11) is 1.89. The van der Waals surface area contributed by atoms with Gasteiger partial charge in [0.15, 0.2) is 0 Å². The third kappa shape index (κ3) is 4.27. The van der Waals surface area contributed by atoms with E-state index in [1.54, 1.807) is 24.5 Å². The highest BCUT2D eigenvalue weighted by atomic mass is 32.1. The molecule has 1 aromatic carbocycles. The highest BCUT2D eigenvalue weighted by molar-refractivity contribution is 7.17. The van der Waals surface area contributed by atoms with Crippen LogP contribution in [0.3, 0.4) is 0 Å². The van der Waals surface area contributed by atoms with Gasteiger partial charge in [-0.25, -0.2) is 4.98 Å². The van der Waals surface area contributed by atoms with Gasteiger partial charge in [-0.05, 0) is 54.9 Å². The van der Waals surface area contributed by atoms with Crippen molar-refractivity contribution in [2.75, 3.05) is 25.5 Å². The van der Waals surface area contributed by atoms with Crippen LogP contribution >= 0.6 is 11.3 Å². The van der Waals surface area contributed by atoms with Gasteiger partial charge in [0.05, 0.1) is 5.56 Å². The van der Waals surface area contributed by atoms with E-state index in [4.69, 9.17) is 0 Å². The minimum absolute atomic E-state index is 0.00521. The molecular weight excluding hydrogens is 384 g/mol. The lowest BCUT2D eigenvalue weighted by atomic mass is 10.2. The summed E-state index contributed by atoms with van der Waals surface area (Å²) in [6.07, 6.45) is 2.00. The van der Waals surface area contributed by atoms with Gasteiger partial charge in [0.2, 0.25) is 0 Å². The number of aliphatic hydroxyl groups excluding tert-OH is 1. The van der Waals surface area contributed by atoms with Gasteiger partial charge in [0.25, 0.3) is 5.91 Å². The quantitative estimate of drug-likeness (QED) is 0.610. The van der Waals surface area contributed by atoms with Crippen molar-refractivity contribution < 1.29 is 9.90 Å². The molecule has 3 aromatic rings. The maximum absolute atomic E-state index is 12.8. The van der Waals surface area contributed by atoms with Crippen molar-refractivity contribution in [3.8, 4) is 0 Å². The number of likely N-dealkylation sites (tertiary alicyclic amines) is 1. The van der Waals surface area contributed by atoms with Crippen molar-refractivity contribution in [1.29, 1.82) is 0 Å². The third-order valence-electron chi connectivity index (χ3n) is 5.65. The summed E-state index contributed by atoms with van der Waals surface area (Å²) in [6.45, 7) is 3.78. The van der Waals surface area contributed by atoms with Gasteiger partial charge in [0, 0.05) is 36.6 Å². The molecule has 7 heteroatoms. The highest BCUT2D eigenvalue weighted by Gasteiger charge is 2.30. The Morgan fingerprint density at radius 1 is 1.38 bits per heavy atom. The Hall–Kier alpha value is -2.48. The zero-order valence-electron chi connectivity index (χ0n) is 16.7. The minimum Gasteiger partial charge on any atom is -0.379 e. The molecular formula is C22H26N4O2S. The first kappa shape index (κ1) is 19.8. The Morgan fingerprint density at radius 2 is 2.21 bits per heavy atom. The topological polar surface area (TPSA) is 68.7 Å². The van der Waals surface area contributed by atoms with Crippen LogP contribution in [0, 0.1) is 0 Å². The number of nitrogens with zero attached hydrogens (tertiary/aromatic N) is 3. The van der Waals surface area contributed by atoms with E-state index in [0.717, 1.165) is 12.2 Å². The Kier molecular flexibility index (Phi) is 5.80. The fraction of sp³-hybridized carbons (Fsp3) is 0.364. The molecule has 2 N–H and O–H groups in total. The molecule has 3 heterocycles. The molecule has 4 rings (SSSR count). The van der Waals surface area contributed by atoms with Gasteiger partial charge in [-0.3, -0.25) is 9.69 Å². The zero-order valence-corrected chi connectivity index (χ0v) is 17.5. The Labute approximate surface area is 174 Å². The smallest absolute Gasteiger partial charge is 0.255 e. The van der Waals surface area contributed by atoms with Gasteiger partial charge in [-0.1, -0.05) is 18.2 Å². The molecule has 2 atom stereocenters. The first-order chi connectivity index (χ1) is 14.0. The number of aliphatic hydroxyl groups is 1. The van der Waals surface area contributed by atoms with Crippen molar-refractivity contribution in [2.45, 2.75) is 32.2 Å². The number of carbonyl (C=O) groups excluding carboxylic acids is 1. The molecule has 0 saturated carbocycles. The first-order valence-corrected chi connectivity index (χ1v) is 10.7. The number of anilines is 1. The van der Waals surface area contributed by atoms with Crippen molar-refractivity contribution in [3.63, 3.8) is 0 Å². The normalized spacial score (nSPS) is 17.8. The molecule has 2 aromatic heterocycles. The summed E-state index contributed by atoms with van der Waals surface area (Å²) in [5, 5.41) is 16.5. The minimum atomic E-state index is -0.512. The van der Waals surface area contributed by atoms with Gasteiger partial charge in [-0.2, -0.15) is 0 Å². The van der Waals surface area contributed by atoms with Crippen molar-refractivity contribution in [2.24, 2.45) is 0 Å². The number of likely N-dealkylation sites (N-methyl/N-ethyl adjacent to an activating group) is 1. The van der Waals surface area contributed by atoms with E-state index < -0.39 is 6.23 Å². The van der Waals surface area contributed by atoms with Crippen LogP contribution in [-0.2, 0) is 6.54 Å². The monoisotopic (exact) mass is 410 g/mol. The van der Waals surface area contributed by atoms with Crippen LogP contribution < -0.4 is 5.32 Å². The summed E-state index contributed by atoms with van der Waals surface area (Å²) in [5.41, 5.74) is 1.84. The van der Waals surface area contributed by atoms with Crippen LogP contribution in [0.5, 0.6) is 0 Å². The van der Waals surface area contributed by atoms with Crippen LogP contribution in [0.25, 0.3) is 10.1 Å². The van der Waals surface area contributed by atoms with Gasteiger partial charge in [0.1, 0.15) is 12.0 Å². The highest BCUT2D eigenvalue weighted by Crippen LogP contribution is 2.26. The number of pyridine rings is 1. The second-order valence-corrected chi connectivity index (χ2v) is 8.45. The fourth-order valence-corrected chi connectivity index (χ4v) is 4.69. The van der Waals surface area contributed by atoms with E-state index in [-0.39, 0.29) is 11.9 Å². The number of carbonyl (C=O) groups is 1. The number of amides is 1. The second kappa shape index (κ2) is 8.49. The number of hydrogen-bond acceptors (Lipinski definition) is 6. The summed E-state index contributed by atoms with van der Waals surface area (Å²) < 4.78 is 1.28. The van der Waals surface area contributed by atoms with Gasteiger partial charge < -0.3 is 15.3 Å². The van der Waals surface area contributed by atoms with E-state index >= 15 is 0 Å². The Bertz CT molecular complexity index is 986. The molecule has 1 aliphatic rings. The fourth-order valence-electron chi connectivity index (χ4n) is 3.73. The van der Waals surface area contributed by atoms with E-state index in [1.165, 1.54) is 15.6 Å².